The molecule has 0 aromatic heterocycles. The van der Waals surface area contributed by atoms with Gasteiger partial charge in [0.05, 0.1) is 6.61 Å². The predicted octanol–water partition coefficient (Wildman–Crippen LogP) is 1.99. The molecule has 0 aliphatic rings. The Morgan fingerprint density at radius 3 is 2.69 bits per heavy atom. The molecular weight excluding hydrogens is 202 g/mol. The number of likely N-dealkylation sites (N-methyl/N-ethyl adjacent to an activating group) is 1. The van der Waals surface area contributed by atoms with E-state index in [9.17, 15) is 4.79 Å². The van der Waals surface area contributed by atoms with Crippen molar-refractivity contribution >= 4 is 5.97 Å². The highest BCUT2D eigenvalue weighted by molar-refractivity contribution is 5.82. The molecule has 1 aromatic carbocycles. The number of aryl methyl sites for hydroxylation is 1. The van der Waals surface area contributed by atoms with E-state index in [1.807, 2.05) is 45.0 Å². The van der Waals surface area contributed by atoms with Gasteiger partial charge in [-0.2, -0.15) is 0 Å². The zero-order valence-electron chi connectivity index (χ0n) is 10.3. The van der Waals surface area contributed by atoms with E-state index in [0.29, 0.717) is 6.61 Å². The zero-order chi connectivity index (χ0) is 12.2. The van der Waals surface area contributed by atoms with Gasteiger partial charge in [0.15, 0.2) is 0 Å². The fourth-order valence-electron chi connectivity index (χ4n) is 1.60. The standard InChI is InChI=1S/C13H19NO2/c1-5-16-12(15)13(3,14-4)11-8-6-7-10(2)9-11/h6-9,14H,5H2,1-4H3. The summed E-state index contributed by atoms with van der Waals surface area (Å²) in [6.45, 7) is 6.04. The summed E-state index contributed by atoms with van der Waals surface area (Å²) in [6, 6.07) is 7.87. The van der Waals surface area contributed by atoms with Gasteiger partial charge in [-0.3, -0.25) is 0 Å². The lowest BCUT2D eigenvalue weighted by Crippen LogP contribution is -2.45. The second-order valence-corrected chi connectivity index (χ2v) is 3.96. The Bertz CT molecular complexity index is 376. The van der Waals surface area contributed by atoms with Crippen molar-refractivity contribution < 1.29 is 9.53 Å². The number of carbonyl (C=O) groups is 1. The molecule has 0 saturated heterocycles. The van der Waals surface area contributed by atoms with Gasteiger partial charge < -0.3 is 10.1 Å². The number of carbonyl (C=O) groups excluding carboxylic acids is 1. The number of benzene rings is 1. The molecule has 0 amide bonds. The highest BCUT2D eigenvalue weighted by Crippen LogP contribution is 2.22. The van der Waals surface area contributed by atoms with E-state index in [1.165, 1.54) is 0 Å². The number of hydrogen-bond acceptors (Lipinski definition) is 3. The van der Waals surface area contributed by atoms with E-state index >= 15 is 0 Å². The normalized spacial score (nSPS) is 14.2. The van der Waals surface area contributed by atoms with Crippen molar-refractivity contribution in [2.75, 3.05) is 13.7 Å². The van der Waals surface area contributed by atoms with Gasteiger partial charge in [-0.25, -0.2) is 4.79 Å². The van der Waals surface area contributed by atoms with Gasteiger partial charge >= 0.3 is 5.97 Å². The zero-order valence-corrected chi connectivity index (χ0v) is 10.3. The maximum atomic E-state index is 11.9. The summed E-state index contributed by atoms with van der Waals surface area (Å²) in [4.78, 5) is 11.9. The van der Waals surface area contributed by atoms with Crippen molar-refractivity contribution in [1.29, 1.82) is 0 Å². The van der Waals surface area contributed by atoms with Crippen LogP contribution in [0.4, 0.5) is 0 Å². The first-order valence-corrected chi connectivity index (χ1v) is 5.48. The molecule has 1 rings (SSSR count). The molecular formula is C13H19NO2. The maximum absolute atomic E-state index is 11.9. The van der Waals surface area contributed by atoms with Gasteiger partial charge in [-0.15, -0.1) is 0 Å². The lowest BCUT2D eigenvalue weighted by atomic mass is 9.91. The molecule has 0 bridgehead atoms. The average molecular weight is 221 g/mol. The van der Waals surface area contributed by atoms with Gasteiger partial charge in [0.1, 0.15) is 5.54 Å². The van der Waals surface area contributed by atoms with Crippen LogP contribution in [0.2, 0.25) is 0 Å². The molecule has 16 heavy (non-hydrogen) atoms. The summed E-state index contributed by atoms with van der Waals surface area (Å²) < 4.78 is 5.09. The van der Waals surface area contributed by atoms with Gasteiger partial charge in [0.25, 0.3) is 0 Å². The van der Waals surface area contributed by atoms with Gasteiger partial charge in [-0.1, -0.05) is 29.8 Å². The van der Waals surface area contributed by atoms with Crippen LogP contribution in [0.15, 0.2) is 24.3 Å². The topological polar surface area (TPSA) is 38.3 Å². The van der Waals surface area contributed by atoms with Crippen LogP contribution in [-0.2, 0) is 15.1 Å². The Kier molecular flexibility index (Phi) is 4.07. The highest BCUT2D eigenvalue weighted by atomic mass is 16.5. The number of rotatable bonds is 4. The van der Waals surface area contributed by atoms with Crippen LogP contribution >= 0.6 is 0 Å². The van der Waals surface area contributed by atoms with Crippen molar-refractivity contribution in [3.8, 4) is 0 Å². The van der Waals surface area contributed by atoms with E-state index < -0.39 is 5.54 Å². The highest BCUT2D eigenvalue weighted by Gasteiger charge is 2.34. The summed E-state index contributed by atoms with van der Waals surface area (Å²) in [7, 11) is 1.76. The third-order valence-corrected chi connectivity index (χ3v) is 2.78. The quantitative estimate of drug-likeness (QED) is 0.790. The molecule has 1 N–H and O–H groups in total. The van der Waals surface area contributed by atoms with E-state index in [0.717, 1.165) is 11.1 Å². The fraction of sp³-hybridized carbons (Fsp3) is 0.462. The van der Waals surface area contributed by atoms with Crippen molar-refractivity contribution in [3.05, 3.63) is 35.4 Å². The Balaban J connectivity index is 3.09. The molecule has 0 aliphatic heterocycles. The lowest BCUT2D eigenvalue weighted by molar-refractivity contribution is -0.150. The Labute approximate surface area is 96.8 Å². The van der Waals surface area contributed by atoms with Crippen LogP contribution in [0.25, 0.3) is 0 Å². The summed E-state index contributed by atoms with van der Waals surface area (Å²) in [5, 5.41) is 3.03. The molecule has 3 heteroatoms. The molecule has 0 saturated carbocycles. The molecule has 3 nitrogen and oxygen atoms in total. The van der Waals surface area contributed by atoms with Crippen LogP contribution in [0.1, 0.15) is 25.0 Å². The number of esters is 1. The van der Waals surface area contributed by atoms with E-state index in [4.69, 9.17) is 4.74 Å². The molecule has 0 aliphatic carbocycles. The number of ether oxygens (including phenoxy) is 1. The Morgan fingerprint density at radius 2 is 2.19 bits per heavy atom. The fourth-order valence-corrected chi connectivity index (χ4v) is 1.60. The third kappa shape index (κ3) is 2.42. The van der Waals surface area contributed by atoms with E-state index in [2.05, 4.69) is 5.32 Å². The van der Waals surface area contributed by atoms with Crippen LogP contribution in [0.3, 0.4) is 0 Å². The van der Waals surface area contributed by atoms with Gasteiger partial charge in [-0.05, 0) is 33.4 Å². The molecule has 0 heterocycles. The average Bonchev–Trinajstić information content (AvgIpc) is 2.28. The van der Waals surface area contributed by atoms with Crippen LogP contribution in [0.5, 0.6) is 0 Å². The Hall–Kier alpha value is -1.35. The van der Waals surface area contributed by atoms with Crippen LogP contribution in [0, 0.1) is 6.92 Å². The first-order chi connectivity index (χ1) is 7.54. The van der Waals surface area contributed by atoms with Crippen molar-refractivity contribution in [1.82, 2.24) is 5.32 Å². The smallest absolute Gasteiger partial charge is 0.330 e. The summed E-state index contributed by atoms with van der Waals surface area (Å²) in [6.07, 6.45) is 0. The SMILES string of the molecule is CCOC(=O)C(C)(NC)c1cccc(C)c1. The number of hydrogen-bond donors (Lipinski definition) is 1. The summed E-state index contributed by atoms with van der Waals surface area (Å²) in [5.41, 5.74) is 1.28. The summed E-state index contributed by atoms with van der Waals surface area (Å²) in [5.74, 6) is -0.247. The lowest BCUT2D eigenvalue weighted by Gasteiger charge is -2.27. The monoisotopic (exact) mass is 221 g/mol. The minimum absolute atomic E-state index is 0.247. The second-order valence-electron chi connectivity index (χ2n) is 3.96. The molecule has 1 atom stereocenters. The molecule has 1 unspecified atom stereocenters. The second kappa shape index (κ2) is 5.12. The van der Waals surface area contributed by atoms with Gasteiger partial charge in [0.2, 0.25) is 0 Å². The summed E-state index contributed by atoms with van der Waals surface area (Å²) >= 11 is 0. The van der Waals surface area contributed by atoms with Crippen molar-refractivity contribution in [3.63, 3.8) is 0 Å². The van der Waals surface area contributed by atoms with Crippen LogP contribution < -0.4 is 5.32 Å². The maximum Gasteiger partial charge on any atom is 0.330 e. The molecule has 0 fully saturated rings. The molecule has 0 spiro atoms. The Morgan fingerprint density at radius 1 is 1.50 bits per heavy atom. The van der Waals surface area contributed by atoms with E-state index in [1.54, 1.807) is 7.05 Å². The van der Waals surface area contributed by atoms with Gasteiger partial charge in [0, 0.05) is 0 Å². The van der Waals surface area contributed by atoms with Crippen LogP contribution in [-0.4, -0.2) is 19.6 Å². The molecule has 0 radical (unpaired) electrons. The third-order valence-electron chi connectivity index (χ3n) is 2.78. The molecule has 88 valence electrons. The largest absolute Gasteiger partial charge is 0.464 e. The number of nitrogens with one attached hydrogen (secondary N) is 1. The molecule has 1 aromatic rings. The predicted molar refractivity (Wildman–Crippen MR) is 64.2 cm³/mol. The van der Waals surface area contributed by atoms with Crippen molar-refractivity contribution in [2.45, 2.75) is 26.3 Å². The van der Waals surface area contributed by atoms with E-state index in [-0.39, 0.29) is 5.97 Å². The van der Waals surface area contributed by atoms with Crippen molar-refractivity contribution in [2.24, 2.45) is 0 Å². The minimum atomic E-state index is -0.776. The first kappa shape index (κ1) is 12.7. The minimum Gasteiger partial charge on any atom is -0.464 e. The first-order valence-electron chi connectivity index (χ1n) is 5.48.